The first-order valence-corrected chi connectivity index (χ1v) is 6.71. The molecule has 0 aromatic rings. The van der Waals surface area contributed by atoms with Crippen LogP contribution in [-0.4, -0.2) is 47.2 Å². The highest BCUT2D eigenvalue weighted by atomic mass is 16.5. The molecule has 2 rings (SSSR count). The smallest absolute Gasteiger partial charge is 0.326 e. The zero-order valence-corrected chi connectivity index (χ0v) is 10.8. The van der Waals surface area contributed by atoms with Crippen molar-refractivity contribution in [1.82, 2.24) is 4.90 Å². The number of carboxylic acid groups (broad SMARTS) is 1. The molecular weight excluding hydrogens is 234 g/mol. The molecule has 0 spiro atoms. The quantitative estimate of drug-likeness (QED) is 0.803. The Morgan fingerprint density at radius 2 is 1.89 bits per heavy atom. The third-order valence-corrected chi connectivity index (χ3v) is 3.81. The molecule has 1 amide bonds. The Kier molecular flexibility index (Phi) is 4.22. The number of amides is 1. The van der Waals surface area contributed by atoms with Crippen molar-refractivity contribution in [3.63, 3.8) is 0 Å². The summed E-state index contributed by atoms with van der Waals surface area (Å²) in [6.07, 6.45) is 4.17. The van der Waals surface area contributed by atoms with Crippen LogP contribution in [0.15, 0.2) is 0 Å². The number of hydrogen-bond donors (Lipinski definition) is 1. The fourth-order valence-corrected chi connectivity index (χ4v) is 2.51. The van der Waals surface area contributed by atoms with E-state index in [0.29, 0.717) is 12.3 Å². The second-order valence-electron chi connectivity index (χ2n) is 5.31. The van der Waals surface area contributed by atoms with Crippen molar-refractivity contribution in [1.29, 1.82) is 0 Å². The minimum atomic E-state index is -0.915. The Hall–Kier alpha value is -1.10. The molecule has 0 radical (unpaired) electrons. The molecule has 0 aromatic carbocycles. The maximum atomic E-state index is 12.3. The lowest BCUT2D eigenvalue weighted by molar-refractivity contribution is -0.150. The summed E-state index contributed by atoms with van der Waals surface area (Å²) in [5.41, 5.74) is 0. The summed E-state index contributed by atoms with van der Waals surface area (Å²) in [6.45, 7) is 3.04. The third kappa shape index (κ3) is 3.22. The molecule has 1 saturated heterocycles. The van der Waals surface area contributed by atoms with Crippen LogP contribution in [0.3, 0.4) is 0 Å². The van der Waals surface area contributed by atoms with Crippen molar-refractivity contribution in [3.05, 3.63) is 0 Å². The van der Waals surface area contributed by atoms with E-state index in [1.54, 1.807) is 11.8 Å². The second kappa shape index (κ2) is 5.69. The number of ether oxygens (including phenoxy) is 1. The second-order valence-corrected chi connectivity index (χ2v) is 5.31. The van der Waals surface area contributed by atoms with Crippen LogP contribution >= 0.6 is 0 Å². The van der Waals surface area contributed by atoms with Crippen LogP contribution in [0.1, 0.15) is 39.0 Å². The highest BCUT2D eigenvalue weighted by Crippen LogP contribution is 2.31. The number of carbonyl (C=O) groups excluding carboxylic acids is 1. The van der Waals surface area contributed by atoms with E-state index >= 15 is 0 Å². The summed E-state index contributed by atoms with van der Waals surface area (Å²) in [4.78, 5) is 24.9. The fraction of sp³-hybridized carbons (Fsp3) is 0.846. The van der Waals surface area contributed by atoms with Gasteiger partial charge >= 0.3 is 5.97 Å². The Morgan fingerprint density at radius 1 is 1.28 bits per heavy atom. The summed E-state index contributed by atoms with van der Waals surface area (Å²) in [6, 6.07) is -0.548. The molecule has 0 bridgehead atoms. The number of carboxylic acids is 1. The zero-order chi connectivity index (χ0) is 13.1. The Balaban J connectivity index is 1.93. The minimum Gasteiger partial charge on any atom is -0.480 e. The summed E-state index contributed by atoms with van der Waals surface area (Å²) in [5.74, 6) is -0.560. The lowest BCUT2D eigenvalue weighted by Gasteiger charge is -2.29. The van der Waals surface area contributed by atoms with Gasteiger partial charge in [0.2, 0.25) is 5.91 Å². The van der Waals surface area contributed by atoms with Gasteiger partial charge in [0.1, 0.15) is 6.04 Å². The monoisotopic (exact) mass is 255 g/mol. The van der Waals surface area contributed by atoms with Crippen molar-refractivity contribution in [2.75, 3.05) is 13.2 Å². The molecular formula is C13H21NO4. The molecule has 2 aliphatic rings. The third-order valence-electron chi connectivity index (χ3n) is 3.81. The Morgan fingerprint density at radius 3 is 2.39 bits per heavy atom. The molecule has 1 saturated carbocycles. The summed E-state index contributed by atoms with van der Waals surface area (Å²) < 4.78 is 5.27. The average Bonchev–Trinajstić information content (AvgIpc) is 3.14. The van der Waals surface area contributed by atoms with E-state index in [1.807, 2.05) is 0 Å². The van der Waals surface area contributed by atoms with Crippen LogP contribution < -0.4 is 0 Å². The molecule has 5 nitrogen and oxygen atoms in total. The topological polar surface area (TPSA) is 66.8 Å². The Bertz CT molecular complexity index is 321. The van der Waals surface area contributed by atoms with E-state index in [2.05, 4.69) is 0 Å². The largest absolute Gasteiger partial charge is 0.480 e. The van der Waals surface area contributed by atoms with Gasteiger partial charge in [-0.3, -0.25) is 4.79 Å². The number of carbonyl (C=O) groups is 2. The lowest BCUT2D eigenvalue weighted by Crippen LogP contribution is -2.45. The fourth-order valence-electron chi connectivity index (χ4n) is 2.51. The first kappa shape index (κ1) is 13.3. The van der Waals surface area contributed by atoms with Gasteiger partial charge in [-0.05, 0) is 38.5 Å². The molecule has 1 unspecified atom stereocenters. The van der Waals surface area contributed by atoms with Gasteiger partial charge in [-0.1, -0.05) is 0 Å². The Labute approximate surface area is 107 Å². The lowest BCUT2D eigenvalue weighted by atomic mass is 9.95. The molecule has 102 valence electrons. The predicted octanol–water partition coefficient (Wildman–Crippen LogP) is 1.27. The van der Waals surface area contributed by atoms with Gasteiger partial charge in [-0.15, -0.1) is 0 Å². The minimum absolute atomic E-state index is 0.000648. The van der Waals surface area contributed by atoms with Crippen LogP contribution in [0.5, 0.6) is 0 Å². The van der Waals surface area contributed by atoms with Crippen molar-refractivity contribution in [3.8, 4) is 0 Å². The zero-order valence-electron chi connectivity index (χ0n) is 10.8. The molecule has 18 heavy (non-hydrogen) atoms. The molecule has 0 aromatic heterocycles. The van der Waals surface area contributed by atoms with Gasteiger partial charge in [-0.2, -0.15) is 0 Å². The van der Waals surface area contributed by atoms with Crippen molar-refractivity contribution < 1.29 is 19.4 Å². The highest BCUT2D eigenvalue weighted by Gasteiger charge is 2.38. The standard InChI is InChI=1S/C13H21NO4/c1-9(13(16)17)14(11-2-3-11)12(15)8-10-4-6-18-7-5-10/h9-11H,2-8H2,1H3,(H,16,17). The van der Waals surface area contributed by atoms with Crippen LogP contribution in [0.2, 0.25) is 0 Å². The van der Waals surface area contributed by atoms with Crippen LogP contribution in [0, 0.1) is 5.92 Å². The summed E-state index contributed by atoms with van der Waals surface area (Å²) in [5, 5.41) is 9.07. The van der Waals surface area contributed by atoms with Gasteiger partial charge in [-0.25, -0.2) is 4.79 Å². The predicted molar refractivity (Wildman–Crippen MR) is 65.1 cm³/mol. The number of aliphatic carboxylic acids is 1. The maximum Gasteiger partial charge on any atom is 0.326 e. The normalized spacial score (nSPS) is 22.5. The molecule has 1 aliphatic carbocycles. The van der Waals surface area contributed by atoms with E-state index in [0.717, 1.165) is 38.9 Å². The van der Waals surface area contributed by atoms with E-state index in [4.69, 9.17) is 9.84 Å². The molecule has 1 atom stereocenters. The van der Waals surface area contributed by atoms with Gasteiger partial charge < -0.3 is 14.7 Å². The number of nitrogens with zero attached hydrogens (tertiary/aromatic N) is 1. The van der Waals surface area contributed by atoms with Crippen molar-refractivity contribution >= 4 is 11.9 Å². The van der Waals surface area contributed by atoms with Crippen LogP contribution in [0.25, 0.3) is 0 Å². The number of rotatable bonds is 5. The molecule has 1 aliphatic heterocycles. The van der Waals surface area contributed by atoms with Crippen LogP contribution in [0.4, 0.5) is 0 Å². The average molecular weight is 255 g/mol. The maximum absolute atomic E-state index is 12.3. The summed E-state index contributed by atoms with van der Waals surface area (Å²) in [7, 11) is 0. The van der Waals surface area contributed by atoms with Gasteiger partial charge in [0.05, 0.1) is 0 Å². The highest BCUT2D eigenvalue weighted by molar-refractivity contribution is 5.84. The van der Waals surface area contributed by atoms with Crippen molar-refractivity contribution in [2.24, 2.45) is 5.92 Å². The molecule has 1 N–H and O–H groups in total. The molecule has 5 heteroatoms. The van der Waals surface area contributed by atoms with E-state index in [9.17, 15) is 9.59 Å². The first-order valence-electron chi connectivity index (χ1n) is 6.71. The summed E-state index contributed by atoms with van der Waals surface area (Å²) >= 11 is 0. The SMILES string of the molecule is CC(C(=O)O)N(C(=O)CC1CCOCC1)C1CC1. The first-order chi connectivity index (χ1) is 8.59. The molecule has 1 heterocycles. The molecule has 2 fully saturated rings. The number of hydrogen-bond acceptors (Lipinski definition) is 3. The van der Waals surface area contributed by atoms with E-state index < -0.39 is 12.0 Å². The van der Waals surface area contributed by atoms with Crippen molar-refractivity contribution in [2.45, 2.75) is 51.1 Å². The van der Waals surface area contributed by atoms with E-state index in [-0.39, 0.29) is 11.9 Å². The van der Waals surface area contributed by atoms with Crippen LogP contribution in [-0.2, 0) is 14.3 Å². The van der Waals surface area contributed by atoms with E-state index in [1.165, 1.54) is 0 Å². The van der Waals surface area contributed by atoms with Gasteiger partial charge in [0, 0.05) is 25.7 Å². The van der Waals surface area contributed by atoms with Gasteiger partial charge in [0.15, 0.2) is 0 Å². The van der Waals surface area contributed by atoms with Gasteiger partial charge in [0.25, 0.3) is 0 Å².